The third kappa shape index (κ3) is 2.18. The summed E-state index contributed by atoms with van der Waals surface area (Å²) in [6.45, 7) is 2.79. The average Bonchev–Trinajstić information content (AvgIpc) is 2.28. The van der Waals surface area contributed by atoms with Gasteiger partial charge in [0, 0.05) is 35.8 Å². The first-order chi connectivity index (χ1) is 7.72. The Hall–Kier alpha value is -1.12. The van der Waals surface area contributed by atoms with Crippen LogP contribution in [-0.4, -0.2) is 18.7 Å². The van der Waals surface area contributed by atoms with E-state index < -0.39 is 0 Å². The van der Waals surface area contributed by atoms with E-state index in [-0.39, 0.29) is 0 Å². The standard InChI is InChI=1S/C13H14ClNO/c1-9(8-16-2)12-5-10-3-4-15-7-11(10)6-13(12)14/h3-7,9H,8H2,1-2H3/t9-/m0/s1. The third-order valence-corrected chi connectivity index (χ3v) is 3.03. The number of halogens is 1. The average molecular weight is 236 g/mol. The van der Waals surface area contributed by atoms with Crippen LogP contribution in [-0.2, 0) is 4.74 Å². The predicted octanol–water partition coefficient (Wildman–Crippen LogP) is 3.64. The number of hydrogen-bond donors (Lipinski definition) is 0. The molecule has 0 saturated carbocycles. The largest absolute Gasteiger partial charge is 0.384 e. The van der Waals surface area contributed by atoms with Gasteiger partial charge in [-0.1, -0.05) is 18.5 Å². The van der Waals surface area contributed by atoms with Gasteiger partial charge in [0.2, 0.25) is 0 Å². The number of benzene rings is 1. The molecule has 1 aromatic carbocycles. The van der Waals surface area contributed by atoms with Crippen LogP contribution in [0.2, 0.25) is 5.02 Å². The molecule has 0 bridgehead atoms. The van der Waals surface area contributed by atoms with E-state index in [1.54, 1.807) is 13.3 Å². The number of rotatable bonds is 3. The van der Waals surface area contributed by atoms with Crippen molar-refractivity contribution in [3.8, 4) is 0 Å². The van der Waals surface area contributed by atoms with Gasteiger partial charge >= 0.3 is 0 Å². The molecule has 0 unspecified atom stereocenters. The van der Waals surface area contributed by atoms with Gasteiger partial charge in [-0.05, 0) is 29.1 Å². The van der Waals surface area contributed by atoms with Gasteiger partial charge in [0.25, 0.3) is 0 Å². The summed E-state index contributed by atoms with van der Waals surface area (Å²) in [5.41, 5.74) is 1.13. The second kappa shape index (κ2) is 4.81. The van der Waals surface area contributed by atoms with E-state index in [1.165, 1.54) is 0 Å². The second-order valence-corrected chi connectivity index (χ2v) is 4.36. The van der Waals surface area contributed by atoms with E-state index in [0.717, 1.165) is 21.4 Å². The van der Waals surface area contributed by atoms with E-state index in [2.05, 4.69) is 18.0 Å². The molecule has 3 heteroatoms. The SMILES string of the molecule is COC[C@H](C)c1cc2ccncc2cc1Cl. The zero-order chi connectivity index (χ0) is 11.5. The van der Waals surface area contributed by atoms with Crippen LogP contribution in [0.15, 0.2) is 30.6 Å². The second-order valence-electron chi connectivity index (χ2n) is 3.95. The van der Waals surface area contributed by atoms with Crippen LogP contribution in [0, 0.1) is 0 Å². The lowest BCUT2D eigenvalue weighted by Gasteiger charge is -2.13. The Balaban J connectivity index is 2.49. The van der Waals surface area contributed by atoms with E-state index in [4.69, 9.17) is 16.3 Å². The van der Waals surface area contributed by atoms with Crippen molar-refractivity contribution in [2.75, 3.05) is 13.7 Å². The number of methoxy groups -OCH3 is 1. The molecule has 2 aromatic rings. The molecule has 0 saturated heterocycles. The first kappa shape index (κ1) is 11.4. The molecule has 0 N–H and O–H groups in total. The van der Waals surface area contributed by atoms with Crippen molar-refractivity contribution >= 4 is 22.4 Å². The molecule has 1 atom stereocenters. The summed E-state index contributed by atoms with van der Waals surface area (Å²) < 4.78 is 5.15. The van der Waals surface area contributed by atoms with Crippen LogP contribution in [0.4, 0.5) is 0 Å². The summed E-state index contributed by atoms with van der Waals surface area (Å²) >= 11 is 6.25. The molecule has 0 spiro atoms. The minimum Gasteiger partial charge on any atom is -0.384 e. The third-order valence-electron chi connectivity index (χ3n) is 2.70. The van der Waals surface area contributed by atoms with Gasteiger partial charge in [0.15, 0.2) is 0 Å². The fourth-order valence-electron chi connectivity index (χ4n) is 1.84. The first-order valence-electron chi connectivity index (χ1n) is 5.24. The topological polar surface area (TPSA) is 22.1 Å². The first-order valence-corrected chi connectivity index (χ1v) is 5.62. The Bertz CT molecular complexity index is 498. The fraction of sp³-hybridized carbons (Fsp3) is 0.308. The predicted molar refractivity (Wildman–Crippen MR) is 67.0 cm³/mol. The quantitative estimate of drug-likeness (QED) is 0.811. The lowest BCUT2D eigenvalue weighted by Crippen LogP contribution is -2.02. The normalized spacial score (nSPS) is 12.9. The van der Waals surface area contributed by atoms with Crippen LogP contribution in [0.5, 0.6) is 0 Å². The maximum Gasteiger partial charge on any atom is 0.0528 e. The van der Waals surface area contributed by atoms with Crippen LogP contribution in [0.3, 0.4) is 0 Å². The van der Waals surface area contributed by atoms with Gasteiger partial charge in [0.05, 0.1) is 6.61 Å². The maximum atomic E-state index is 6.25. The molecule has 0 aliphatic heterocycles. The summed E-state index contributed by atoms with van der Waals surface area (Å²) in [5, 5.41) is 3.02. The molecular formula is C13H14ClNO. The van der Waals surface area contributed by atoms with Gasteiger partial charge in [-0.3, -0.25) is 4.98 Å². The number of aromatic nitrogens is 1. The van der Waals surface area contributed by atoms with Gasteiger partial charge in [0.1, 0.15) is 0 Å². The highest BCUT2D eigenvalue weighted by atomic mass is 35.5. The molecule has 0 amide bonds. The van der Waals surface area contributed by atoms with Crippen molar-refractivity contribution in [3.05, 3.63) is 41.2 Å². The van der Waals surface area contributed by atoms with E-state index >= 15 is 0 Å². The number of hydrogen-bond acceptors (Lipinski definition) is 2. The summed E-state index contributed by atoms with van der Waals surface area (Å²) in [5.74, 6) is 0.301. The van der Waals surface area contributed by atoms with Crippen molar-refractivity contribution < 1.29 is 4.74 Å². The molecule has 1 heterocycles. The minimum atomic E-state index is 0.301. The number of ether oxygens (including phenoxy) is 1. The molecule has 0 radical (unpaired) electrons. The van der Waals surface area contributed by atoms with E-state index in [0.29, 0.717) is 12.5 Å². The molecule has 2 nitrogen and oxygen atoms in total. The Morgan fingerprint density at radius 1 is 1.38 bits per heavy atom. The number of nitrogens with zero attached hydrogens (tertiary/aromatic N) is 1. The highest BCUT2D eigenvalue weighted by molar-refractivity contribution is 6.32. The highest BCUT2D eigenvalue weighted by Crippen LogP contribution is 2.29. The van der Waals surface area contributed by atoms with Crippen molar-refractivity contribution in [2.24, 2.45) is 0 Å². The van der Waals surface area contributed by atoms with E-state index in [9.17, 15) is 0 Å². The van der Waals surface area contributed by atoms with Crippen LogP contribution >= 0.6 is 11.6 Å². The molecule has 16 heavy (non-hydrogen) atoms. The molecule has 84 valence electrons. The number of fused-ring (bicyclic) bond motifs is 1. The molecule has 0 aliphatic rings. The monoisotopic (exact) mass is 235 g/mol. The number of pyridine rings is 1. The maximum absolute atomic E-state index is 6.25. The van der Waals surface area contributed by atoms with Crippen molar-refractivity contribution in [1.29, 1.82) is 0 Å². The molecule has 1 aromatic heterocycles. The Morgan fingerprint density at radius 2 is 2.19 bits per heavy atom. The van der Waals surface area contributed by atoms with E-state index in [1.807, 2.05) is 18.3 Å². The fourth-order valence-corrected chi connectivity index (χ4v) is 2.20. The molecule has 2 rings (SSSR count). The minimum absolute atomic E-state index is 0.301. The van der Waals surface area contributed by atoms with Gasteiger partial charge < -0.3 is 4.74 Å². The van der Waals surface area contributed by atoms with Crippen molar-refractivity contribution in [2.45, 2.75) is 12.8 Å². The smallest absolute Gasteiger partial charge is 0.0528 e. The lowest BCUT2D eigenvalue weighted by molar-refractivity contribution is 0.184. The highest BCUT2D eigenvalue weighted by Gasteiger charge is 2.10. The van der Waals surface area contributed by atoms with Gasteiger partial charge in [-0.15, -0.1) is 0 Å². The van der Waals surface area contributed by atoms with Crippen LogP contribution in [0.1, 0.15) is 18.4 Å². The summed E-state index contributed by atoms with van der Waals surface area (Å²) in [6, 6.07) is 6.07. The van der Waals surface area contributed by atoms with Crippen LogP contribution < -0.4 is 0 Å². The molecule has 0 fully saturated rings. The Morgan fingerprint density at radius 3 is 2.94 bits per heavy atom. The van der Waals surface area contributed by atoms with Crippen molar-refractivity contribution in [1.82, 2.24) is 4.98 Å². The summed E-state index contributed by atoms with van der Waals surface area (Å²) in [4.78, 5) is 4.08. The van der Waals surface area contributed by atoms with Crippen LogP contribution in [0.25, 0.3) is 10.8 Å². The van der Waals surface area contributed by atoms with Gasteiger partial charge in [-0.25, -0.2) is 0 Å². The lowest BCUT2D eigenvalue weighted by atomic mass is 9.99. The van der Waals surface area contributed by atoms with Gasteiger partial charge in [-0.2, -0.15) is 0 Å². The summed E-state index contributed by atoms with van der Waals surface area (Å²) in [6.07, 6.45) is 3.62. The molecule has 0 aliphatic carbocycles. The Labute approximate surface area is 100 Å². The Kier molecular flexibility index (Phi) is 3.42. The zero-order valence-corrected chi connectivity index (χ0v) is 10.2. The zero-order valence-electron chi connectivity index (χ0n) is 9.40. The molecular weight excluding hydrogens is 222 g/mol. The summed E-state index contributed by atoms with van der Waals surface area (Å²) in [7, 11) is 1.70. The van der Waals surface area contributed by atoms with Crippen molar-refractivity contribution in [3.63, 3.8) is 0 Å².